The van der Waals surface area contributed by atoms with Crippen LogP contribution in [0.2, 0.25) is 0 Å². The van der Waals surface area contributed by atoms with E-state index in [-0.39, 0.29) is 12.1 Å². The zero-order valence-corrected chi connectivity index (χ0v) is 16.3. The number of hydrogen-bond acceptors (Lipinski definition) is 6. The van der Waals surface area contributed by atoms with Gasteiger partial charge in [-0.15, -0.1) is 0 Å². The molecule has 0 saturated carbocycles. The molecule has 2 aromatic heterocycles. The van der Waals surface area contributed by atoms with Gasteiger partial charge >= 0.3 is 0 Å². The normalized spacial score (nSPS) is 20.6. The Balaban J connectivity index is 1.34. The van der Waals surface area contributed by atoms with Crippen LogP contribution < -0.4 is 9.47 Å². The van der Waals surface area contributed by atoms with Gasteiger partial charge in [0.1, 0.15) is 13.2 Å². The minimum Gasteiger partial charge on any atom is -0.484 e. The summed E-state index contributed by atoms with van der Waals surface area (Å²) in [5.74, 6) is 1.35. The van der Waals surface area contributed by atoms with Gasteiger partial charge in [0, 0.05) is 30.5 Å². The second kappa shape index (κ2) is 7.82. The highest BCUT2D eigenvalue weighted by Gasteiger charge is 2.29. The molecule has 0 radical (unpaired) electrons. The lowest BCUT2D eigenvalue weighted by atomic mass is 10.2. The summed E-state index contributed by atoms with van der Waals surface area (Å²) in [5.41, 5.74) is 4.29. The number of aryl methyl sites for hydroxylation is 2. The Kier molecular flexibility index (Phi) is 5.27. The van der Waals surface area contributed by atoms with E-state index in [2.05, 4.69) is 33.9 Å². The minimum absolute atomic E-state index is 0.222. The quantitative estimate of drug-likeness (QED) is 0.807. The van der Waals surface area contributed by atoms with Crippen molar-refractivity contribution in [2.45, 2.75) is 45.9 Å². The standard InChI is InChI=1S/C21H27N3O3/c1-14-10-17(11-15(2)22-14)13-27-18-6-7-24(12-18)16(3)19-4-5-20-21(23-19)26-9-8-25-20/h4-5,10-11,16,18H,6-9,12-13H2,1-3H3/t16?,18-/m0/s1. The zero-order chi connectivity index (χ0) is 18.8. The van der Waals surface area contributed by atoms with E-state index in [4.69, 9.17) is 14.2 Å². The van der Waals surface area contributed by atoms with Crippen LogP contribution in [-0.2, 0) is 11.3 Å². The maximum Gasteiger partial charge on any atom is 0.257 e. The first-order chi connectivity index (χ1) is 13.1. The molecule has 4 heterocycles. The molecule has 1 fully saturated rings. The first kappa shape index (κ1) is 18.2. The van der Waals surface area contributed by atoms with Gasteiger partial charge in [0.2, 0.25) is 0 Å². The summed E-state index contributed by atoms with van der Waals surface area (Å²) in [6.07, 6.45) is 1.29. The molecule has 6 heteroatoms. The van der Waals surface area contributed by atoms with Gasteiger partial charge in [-0.1, -0.05) is 0 Å². The summed E-state index contributed by atoms with van der Waals surface area (Å²) in [6.45, 7) is 9.95. The fourth-order valence-corrected chi connectivity index (χ4v) is 3.83. The van der Waals surface area contributed by atoms with Crippen molar-refractivity contribution in [3.05, 3.63) is 46.9 Å². The molecular weight excluding hydrogens is 342 g/mol. The topological polar surface area (TPSA) is 56.7 Å². The van der Waals surface area contributed by atoms with Gasteiger partial charge in [-0.25, -0.2) is 4.98 Å². The molecule has 0 bridgehead atoms. The van der Waals surface area contributed by atoms with Crippen LogP contribution in [0.4, 0.5) is 0 Å². The molecule has 1 unspecified atom stereocenters. The SMILES string of the molecule is Cc1cc(CO[C@H]2CCN(C(C)c3ccc4c(n3)OCCO4)C2)cc(C)n1. The number of rotatable bonds is 5. The summed E-state index contributed by atoms with van der Waals surface area (Å²) >= 11 is 0. The van der Waals surface area contributed by atoms with Crippen molar-refractivity contribution in [3.63, 3.8) is 0 Å². The van der Waals surface area contributed by atoms with E-state index >= 15 is 0 Å². The van der Waals surface area contributed by atoms with E-state index in [1.165, 1.54) is 5.56 Å². The van der Waals surface area contributed by atoms with Crippen molar-refractivity contribution in [3.8, 4) is 11.6 Å². The molecule has 144 valence electrons. The van der Waals surface area contributed by atoms with Crippen molar-refractivity contribution < 1.29 is 14.2 Å². The predicted molar refractivity (Wildman–Crippen MR) is 102 cm³/mol. The third-order valence-corrected chi connectivity index (χ3v) is 5.21. The summed E-state index contributed by atoms with van der Waals surface area (Å²) in [6, 6.07) is 8.42. The smallest absolute Gasteiger partial charge is 0.257 e. The van der Waals surface area contributed by atoms with Crippen LogP contribution in [0.3, 0.4) is 0 Å². The number of likely N-dealkylation sites (tertiary alicyclic amines) is 1. The molecule has 4 rings (SSSR count). The van der Waals surface area contributed by atoms with Crippen LogP contribution in [0.25, 0.3) is 0 Å². The Bertz CT molecular complexity index is 791. The molecule has 2 aliphatic rings. The first-order valence-corrected chi connectivity index (χ1v) is 9.65. The lowest BCUT2D eigenvalue weighted by Crippen LogP contribution is -2.27. The van der Waals surface area contributed by atoms with Gasteiger partial charge in [0.25, 0.3) is 5.88 Å². The second-order valence-electron chi connectivity index (χ2n) is 7.39. The van der Waals surface area contributed by atoms with Crippen molar-refractivity contribution >= 4 is 0 Å². The summed E-state index contributed by atoms with van der Waals surface area (Å²) < 4.78 is 17.4. The Hall–Kier alpha value is -2.18. The number of ether oxygens (including phenoxy) is 3. The van der Waals surface area contributed by atoms with E-state index in [9.17, 15) is 0 Å². The van der Waals surface area contributed by atoms with Gasteiger partial charge in [0.15, 0.2) is 5.75 Å². The molecule has 2 atom stereocenters. The van der Waals surface area contributed by atoms with Gasteiger partial charge < -0.3 is 14.2 Å². The lowest BCUT2D eigenvalue weighted by molar-refractivity contribution is 0.0434. The maximum atomic E-state index is 6.17. The number of aromatic nitrogens is 2. The average molecular weight is 369 g/mol. The zero-order valence-electron chi connectivity index (χ0n) is 16.3. The Labute approximate surface area is 160 Å². The third kappa shape index (κ3) is 4.22. The number of fused-ring (bicyclic) bond motifs is 1. The molecule has 0 aromatic carbocycles. The van der Waals surface area contributed by atoms with Crippen molar-refractivity contribution in [2.24, 2.45) is 0 Å². The van der Waals surface area contributed by atoms with E-state index in [1.54, 1.807) is 0 Å². The highest BCUT2D eigenvalue weighted by Crippen LogP contribution is 2.32. The molecule has 6 nitrogen and oxygen atoms in total. The van der Waals surface area contributed by atoms with Crippen LogP contribution in [0.5, 0.6) is 11.6 Å². The molecule has 0 N–H and O–H groups in total. The summed E-state index contributed by atoms with van der Waals surface area (Å²) in [7, 11) is 0. The van der Waals surface area contributed by atoms with Gasteiger partial charge in [-0.3, -0.25) is 9.88 Å². The van der Waals surface area contributed by atoms with Gasteiger partial charge in [-0.05, 0) is 57.0 Å². The maximum absolute atomic E-state index is 6.17. The molecule has 0 spiro atoms. The molecule has 2 aliphatic heterocycles. The highest BCUT2D eigenvalue weighted by molar-refractivity contribution is 5.36. The molecular formula is C21H27N3O3. The van der Waals surface area contributed by atoms with Crippen LogP contribution in [0.15, 0.2) is 24.3 Å². The fraction of sp³-hybridized carbons (Fsp3) is 0.524. The van der Waals surface area contributed by atoms with Crippen LogP contribution in [0.1, 0.15) is 42.0 Å². The number of hydrogen-bond donors (Lipinski definition) is 0. The average Bonchev–Trinajstić information content (AvgIpc) is 3.14. The minimum atomic E-state index is 0.222. The van der Waals surface area contributed by atoms with Crippen molar-refractivity contribution in [1.82, 2.24) is 14.9 Å². The monoisotopic (exact) mass is 369 g/mol. The Morgan fingerprint density at radius 3 is 2.74 bits per heavy atom. The van der Waals surface area contributed by atoms with Crippen molar-refractivity contribution in [2.75, 3.05) is 26.3 Å². The van der Waals surface area contributed by atoms with Crippen LogP contribution >= 0.6 is 0 Å². The van der Waals surface area contributed by atoms with Crippen LogP contribution in [0, 0.1) is 13.8 Å². The Morgan fingerprint density at radius 1 is 1.15 bits per heavy atom. The molecule has 0 aliphatic carbocycles. The third-order valence-electron chi connectivity index (χ3n) is 5.21. The number of pyridine rings is 2. The largest absolute Gasteiger partial charge is 0.484 e. The van der Waals surface area contributed by atoms with E-state index < -0.39 is 0 Å². The highest BCUT2D eigenvalue weighted by atomic mass is 16.6. The Morgan fingerprint density at radius 2 is 1.93 bits per heavy atom. The van der Waals surface area contributed by atoms with Crippen molar-refractivity contribution in [1.29, 1.82) is 0 Å². The van der Waals surface area contributed by atoms with Crippen LogP contribution in [-0.4, -0.2) is 47.3 Å². The van der Waals surface area contributed by atoms with E-state index in [1.807, 2.05) is 26.0 Å². The van der Waals surface area contributed by atoms with Gasteiger partial charge in [0.05, 0.1) is 18.4 Å². The second-order valence-corrected chi connectivity index (χ2v) is 7.39. The lowest BCUT2D eigenvalue weighted by Gasteiger charge is -2.25. The van der Waals surface area contributed by atoms with E-state index in [0.717, 1.165) is 42.3 Å². The first-order valence-electron chi connectivity index (χ1n) is 9.65. The number of nitrogens with zero attached hydrogens (tertiary/aromatic N) is 3. The van der Waals surface area contributed by atoms with Gasteiger partial charge in [-0.2, -0.15) is 0 Å². The molecule has 2 aromatic rings. The molecule has 0 amide bonds. The molecule has 1 saturated heterocycles. The fourth-order valence-electron chi connectivity index (χ4n) is 3.83. The summed E-state index contributed by atoms with van der Waals surface area (Å²) in [5, 5.41) is 0. The summed E-state index contributed by atoms with van der Waals surface area (Å²) in [4.78, 5) is 11.5. The predicted octanol–water partition coefficient (Wildman–Crippen LogP) is 3.22. The molecule has 27 heavy (non-hydrogen) atoms. The van der Waals surface area contributed by atoms with E-state index in [0.29, 0.717) is 25.7 Å².